The summed E-state index contributed by atoms with van der Waals surface area (Å²) >= 11 is 0. The number of anilines is 1. The smallest absolute Gasteiger partial charge is 0.227 e. The van der Waals surface area contributed by atoms with Gasteiger partial charge in [0, 0.05) is 11.6 Å². The van der Waals surface area contributed by atoms with Crippen molar-refractivity contribution in [3.05, 3.63) is 29.3 Å². The average molecular weight is 283 g/mol. The van der Waals surface area contributed by atoms with Crippen molar-refractivity contribution in [3.63, 3.8) is 0 Å². The number of carbonyl (C=O) groups is 1. The van der Waals surface area contributed by atoms with E-state index in [1.807, 2.05) is 19.1 Å². The van der Waals surface area contributed by atoms with Crippen LogP contribution in [0.3, 0.4) is 0 Å². The molecular weight excluding hydrogens is 260 g/mol. The maximum Gasteiger partial charge on any atom is 0.227 e. The highest BCUT2D eigenvalue weighted by atomic mass is 35.5. The third-order valence-corrected chi connectivity index (χ3v) is 4.16. The number of rotatable bonds is 3. The van der Waals surface area contributed by atoms with Gasteiger partial charge in [0.25, 0.3) is 0 Å². The normalized spacial score (nSPS) is 21.8. The van der Waals surface area contributed by atoms with E-state index in [2.05, 4.69) is 18.3 Å². The van der Waals surface area contributed by atoms with E-state index < -0.39 is 0 Å². The van der Waals surface area contributed by atoms with E-state index in [9.17, 15) is 4.79 Å². The molecule has 0 radical (unpaired) electrons. The van der Waals surface area contributed by atoms with Gasteiger partial charge in [0.1, 0.15) is 0 Å². The quantitative estimate of drug-likeness (QED) is 0.895. The first-order valence-corrected chi connectivity index (χ1v) is 6.70. The summed E-state index contributed by atoms with van der Waals surface area (Å²) in [5.74, 6) is 0.585. The van der Waals surface area contributed by atoms with Crippen molar-refractivity contribution in [2.45, 2.75) is 33.1 Å². The fraction of sp³-hybridized carbons (Fsp3) is 0.533. The molecule has 4 heteroatoms. The van der Waals surface area contributed by atoms with Crippen LogP contribution in [0.5, 0.6) is 0 Å². The molecule has 2 atom stereocenters. The summed E-state index contributed by atoms with van der Waals surface area (Å²) in [6.45, 7) is 4.72. The first kappa shape index (κ1) is 16.0. The van der Waals surface area contributed by atoms with Gasteiger partial charge in [-0.05, 0) is 56.3 Å². The Kier molecular flexibility index (Phi) is 5.83. The Balaban J connectivity index is 0.00000180. The van der Waals surface area contributed by atoms with Crippen LogP contribution in [-0.4, -0.2) is 12.5 Å². The van der Waals surface area contributed by atoms with Crippen molar-refractivity contribution >= 4 is 24.0 Å². The SMILES string of the molecule is Cc1cccc(NC(=O)[C@@H]2CCC[C@@H]2CN)c1C.Cl. The van der Waals surface area contributed by atoms with Crippen molar-refractivity contribution in [1.29, 1.82) is 0 Å². The van der Waals surface area contributed by atoms with E-state index in [0.717, 1.165) is 30.5 Å². The van der Waals surface area contributed by atoms with E-state index in [4.69, 9.17) is 5.73 Å². The molecule has 106 valence electrons. The molecule has 1 aliphatic carbocycles. The summed E-state index contributed by atoms with van der Waals surface area (Å²) in [6, 6.07) is 6.00. The van der Waals surface area contributed by atoms with E-state index >= 15 is 0 Å². The summed E-state index contributed by atoms with van der Waals surface area (Å²) in [5, 5.41) is 3.06. The zero-order valence-corrected chi connectivity index (χ0v) is 12.4. The molecule has 3 nitrogen and oxygen atoms in total. The van der Waals surface area contributed by atoms with Crippen LogP contribution in [0.4, 0.5) is 5.69 Å². The number of carbonyl (C=O) groups excluding carboxylic acids is 1. The van der Waals surface area contributed by atoms with Gasteiger partial charge in [0.2, 0.25) is 5.91 Å². The first-order valence-electron chi connectivity index (χ1n) is 6.70. The number of nitrogens with two attached hydrogens (primary N) is 1. The minimum absolute atomic E-state index is 0. The van der Waals surface area contributed by atoms with Crippen LogP contribution in [0.2, 0.25) is 0 Å². The lowest BCUT2D eigenvalue weighted by Gasteiger charge is -2.18. The molecule has 1 aromatic carbocycles. The molecule has 1 fully saturated rings. The molecule has 1 aromatic rings. The van der Waals surface area contributed by atoms with E-state index in [1.165, 1.54) is 5.56 Å². The molecule has 19 heavy (non-hydrogen) atoms. The molecule has 2 rings (SSSR count). The predicted octanol–water partition coefficient (Wildman–Crippen LogP) is 3.04. The summed E-state index contributed by atoms with van der Waals surface area (Å²) in [7, 11) is 0. The Morgan fingerprint density at radius 3 is 2.79 bits per heavy atom. The lowest BCUT2D eigenvalue weighted by molar-refractivity contribution is -0.120. The zero-order chi connectivity index (χ0) is 13.1. The van der Waals surface area contributed by atoms with Gasteiger partial charge in [-0.2, -0.15) is 0 Å². The van der Waals surface area contributed by atoms with Crippen LogP contribution in [0.15, 0.2) is 18.2 Å². The van der Waals surface area contributed by atoms with Gasteiger partial charge in [-0.1, -0.05) is 18.6 Å². The van der Waals surface area contributed by atoms with Crippen molar-refractivity contribution in [2.24, 2.45) is 17.6 Å². The summed E-state index contributed by atoms with van der Waals surface area (Å²) in [4.78, 5) is 12.3. The van der Waals surface area contributed by atoms with Crippen molar-refractivity contribution in [1.82, 2.24) is 0 Å². The zero-order valence-electron chi connectivity index (χ0n) is 11.6. The van der Waals surface area contributed by atoms with Crippen molar-refractivity contribution in [2.75, 3.05) is 11.9 Å². The first-order chi connectivity index (χ1) is 8.63. The Hall–Kier alpha value is -1.06. The molecule has 0 unspecified atom stereocenters. The molecule has 0 bridgehead atoms. The molecule has 0 spiro atoms. The number of halogens is 1. The van der Waals surface area contributed by atoms with Gasteiger partial charge in [-0.15, -0.1) is 12.4 Å². The molecule has 1 saturated carbocycles. The largest absolute Gasteiger partial charge is 0.330 e. The molecule has 1 amide bonds. The maximum absolute atomic E-state index is 12.3. The maximum atomic E-state index is 12.3. The summed E-state index contributed by atoms with van der Waals surface area (Å²) < 4.78 is 0. The minimum Gasteiger partial charge on any atom is -0.330 e. The van der Waals surface area contributed by atoms with Gasteiger partial charge in [-0.3, -0.25) is 4.79 Å². The third-order valence-electron chi connectivity index (χ3n) is 4.16. The Morgan fingerprint density at radius 1 is 1.37 bits per heavy atom. The minimum atomic E-state index is 0. The van der Waals surface area contributed by atoms with Crippen LogP contribution in [0, 0.1) is 25.7 Å². The molecule has 0 saturated heterocycles. The summed E-state index contributed by atoms with van der Waals surface area (Å²) in [5.41, 5.74) is 9.01. The monoisotopic (exact) mass is 282 g/mol. The Morgan fingerprint density at radius 2 is 2.11 bits per heavy atom. The van der Waals surface area contributed by atoms with E-state index in [1.54, 1.807) is 0 Å². The standard InChI is InChI=1S/C15H22N2O.ClH/c1-10-5-3-8-14(11(10)2)17-15(18)13-7-4-6-12(13)9-16;/h3,5,8,12-13H,4,6-7,9,16H2,1-2H3,(H,17,18);1H/t12-,13-;/m1./s1. The number of amides is 1. The van der Waals surface area contributed by atoms with Crippen LogP contribution in [-0.2, 0) is 4.79 Å². The fourth-order valence-electron chi connectivity index (χ4n) is 2.78. The molecule has 0 aliphatic heterocycles. The fourth-order valence-corrected chi connectivity index (χ4v) is 2.78. The highest BCUT2D eigenvalue weighted by Gasteiger charge is 2.31. The Labute approximate surface area is 121 Å². The van der Waals surface area contributed by atoms with Gasteiger partial charge in [0.05, 0.1) is 0 Å². The van der Waals surface area contributed by atoms with Gasteiger partial charge in [-0.25, -0.2) is 0 Å². The highest BCUT2D eigenvalue weighted by molar-refractivity contribution is 5.93. The van der Waals surface area contributed by atoms with E-state index in [-0.39, 0.29) is 24.2 Å². The highest BCUT2D eigenvalue weighted by Crippen LogP contribution is 2.32. The number of hydrogen-bond acceptors (Lipinski definition) is 2. The molecule has 3 N–H and O–H groups in total. The number of nitrogens with one attached hydrogen (secondary N) is 1. The average Bonchev–Trinajstić information content (AvgIpc) is 2.83. The third kappa shape index (κ3) is 3.48. The molecule has 0 aromatic heterocycles. The summed E-state index contributed by atoms with van der Waals surface area (Å²) in [6.07, 6.45) is 3.17. The molecular formula is C15H23ClN2O. The predicted molar refractivity (Wildman–Crippen MR) is 81.7 cm³/mol. The lowest BCUT2D eigenvalue weighted by Crippen LogP contribution is -2.30. The van der Waals surface area contributed by atoms with Crippen LogP contribution >= 0.6 is 12.4 Å². The molecule has 1 aliphatic rings. The second-order valence-corrected chi connectivity index (χ2v) is 5.27. The van der Waals surface area contributed by atoms with Crippen LogP contribution in [0.25, 0.3) is 0 Å². The van der Waals surface area contributed by atoms with Gasteiger partial charge in [0.15, 0.2) is 0 Å². The second kappa shape index (κ2) is 6.92. The van der Waals surface area contributed by atoms with Gasteiger partial charge >= 0.3 is 0 Å². The Bertz CT molecular complexity index is 448. The number of hydrogen-bond donors (Lipinski definition) is 2. The molecule has 0 heterocycles. The van der Waals surface area contributed by atoms with Crippen molar-refractivity contribution in [3.8, 4) is 0 Å². The topological polar surface area (TPSA) is 55.1 Å². The van der Waals surface area contributed by atoms with Crippen LogP contribution in [0.1, 0.15) is 30.4 Å². The van der Waals surface area contributed by atoms with Gasteiger partial charge < -0.3 is 11.1 Å². The lowest BCUT2D eigenvalue weighted by atomic mass is 9.95. The second-order valence-electron chi connectivity index (χ2n) is 5.27. The van der Waals surface area contributed by atoms with Crippen LogP contribution < -0.4 is 11.1 Å². The number of aryl methyl sites for hydroxylation is 1. The number of benzene rings is 1. The van der Waals surface area contributed by atoms with Crippen molar-refractivity contribution < 1.29 is 4.79 Å². The van der Waals surface area contributed by atoms with E-state index in [0.29, 0.717) is 12.5 Å².